The number of amides is 3. The van der Waals surface area contributed by atoms with Gasteiger partial charge in [0.2, 0.25) is 27.7 Å². The monoisotopic (exact) mass is 721 g/mol. The van der Waals surface area contributed by atoms with Gasteiger partial charge in [-0.05, 0) is 83.6 Å². The van der Waals surface area contributed by atoms with Crippen molar-refractivity contribution in [2.24, 2.45) is 17.8 Å². The van der Waals surface area contributed by atoms with Crippen LogP contribution in [0.15, 0.2) is 48.6 Å². The zero-order chi connectivity index (χ0) is 36.7. The van der Waals surface area contributed by atoms with Crippen molar-refractivity contribution >= 4 is 38.6 Å². The third-order valence-electron chi connectivity index (χ3n) is 10.3. The van der Waals surface area contributed by atoms with Gasteiger partial charge < -0.3 is 19.7 Å². The van der Waals surface area contributed by atoms with Crippen molar-refractivity contribution in [1.29, 1.82) is 0 Å². The van der Waals surface area contributed by atoms with Crippen LogP contribution in [0.1, 0.15) is 57.9 Å². The Morgan fingerprint density at radius 3 is 2.61 bits per heavy atom. The van der Waals surface area contributed by atoms with E-state index in [1.54, 1.807) is 43.3 Å². The Morgan fingerprint density at radius 1 is 1.12 bits per heavy atom. The molecule has 1 aromatic heterocycles. The van der Waals surface area contributed by atoms with Crippen LogP contribution >= 0.6 is 0 Å². The first-order valence-corrected chi connectivity index (χ1v) is 18.9. The first-order valence-electron chi connectivity index (χ1n) is 17.3. The average molecular weight is 722 g/mol. The van der Waals surface area contributed by atoms with E-state index in [1.165, 1.54) is 26.0 Å². The minimum Gasteiger partial charge on any atom is -0.496 e. The predicted molar refractivity (Wildman–Crippen MR) is 189 cm³/mol. The molecule has 6 rings (SSSR count). The maximum Gasteiger partial charge on any atom is 0.259 e. The second-order valence-corrected chi connectivity index (χ2v) is 16.3. The van der Waals surface area contributed by atoms with Gasteiger partial charge in [-0.3, -0.25) is 19.1 Å². The number of nitrogens with zero attached hydrogens (tertiary/aromatic N) is 3. The van der Waals surface area contributed by atoms with Gasteiger partial charge in [-0.1, -0.05) is 24.3 Å². The van der Waals surface area contributed by atoms with Crippen molar-refractivity contribution in [2.75, 3.05) is 20.7 Å². The first kappa shape index (κ1) is 36.2. The number of halogens is 1. The van der Waals surface area contributed by atoms with E-state index in [0.717, 1.165) is 18.4 Å². The second kappa shape index (κ2) is 14.2. The van der Waals surface area contributed by atoms with Crippen molar-refractivity contribution < 1.29 is 36.7 Å². The number of rotatable bonds is 7. The molecule has 14 heteroatoms. The SMILES string of the molecule is COc1ccc2c(O[C@@H]3C[C@H]4C(=O)N[C@]5(C(=O)NS(=O)(=O)C(C)C)C[C@H]5/C=C\CCCCN(C)C(=O)[C@@H]4C3)nc(-c3cccc(F)c3)nc2c1C. The Hall–Kier alpha value is -4.59. The van der Waals surface area contributed by atoms with Crippen LogP contribution in [0.4, 0.5) is 4.39 Å². The number of hydrogen-bond acceptors (Lipinski definition) is 9. The van der Waals surface area contributed by atoms with Crippen molar-refractivity contribution in [3.63, 3.8) is 0 Å². The third kappa shape index (κ3) is 7.28. The van der Waals surface area contributed by atoms with Gasteiger partial charge in [-0.25, -0.2) is 17.8 Å². The van der Waals surface area contributed by atoms with E-state index >= 15 is 0 Å². The average Bonchev–Trinajstić information content (AvgIpc) is 3.62. The summed E-state index contributed by atoms with van der Waals surface area (Å²) in [4.78, 5) is 52.8. The molecule has 5 atom stereocenters. The van der Waals surface area contributed by atoms with Crippen LogP contribution in [0.3, 0.4) is 0 Å². The molecule has 0 saturated heterocycles. The standard InChI is InChI=1S/C37H44FN5O7S/c1-21(2)51(47,48)42-36(46)37-20-24(37)12-8-6-7-9-16-43(4)35(45)29-19-26(18-28(29)33(44)41-37)50-34-27-14-15-30(49-5)22(3)31(27)39-32(40-34)23-11-10-13-25(38)17-23/h8,10-15,17,21,24,26,28-29H,6-7,9,16,18-20H2,1-5H3,(H,41,44)(H,42,46)/b12-8-/t24-,26-,28-,29-,37-/m1/s1. The highest BCUT2D eigenvalue weighted by Gasteiger charge is 2.62. The summed E-state index contributed by atoms with van der Waals surface area (Å²) in [5.41, 5.74) is 0.251. The highest BCUT2D eigenvalue weighted by molar-refractivity contribution is 7.90. The van der Waals surface area contributed by atoms with E-state index < -0.39 is 62.3 Å². The van der Waals surface area contributed by atoms with Crippen molar-refractivity contribution in [3.05, 3.63) is 59.9 Å². The lowest BCUT2D eigenvalue weighted by molar-refractivity contribution is -0.140. The van der Waals surface area contributed by atoms with E-state index in [4.69, 9.17) is 19.4 Å². The van der Waals surface area contributed by atoms with Crippen molar-refractivity contribution in [1.82, 2.24) is 24.9 Å². The summed E-state index contributed by atoms with van der Waals surface area (Å²) in [6.45, 7) is 5.30. The molecule has 0 spiro atoms. The molecule has 1 aliphatic heterocycles. The molecule has 0 bridgehead atoms. The summed E-state index contributed by atoms with van der Waals surface area (Å²) in [7, 11) is -0.689. The topological polar surface area (TPSA) is 157 Å². The molecule has 3 aliphatic rings. The summed E-state index contributed by atoms with van der Waals surface area (Å²) in [5, 5.41) is 2.62. The van der Waals surface area contributed by atoms with Gasteiger partial charge in [0.25, 0.3) is 5.91 Å². The van der Waals surface area contributed by atoms with Crippen LogP contribution in [0.2, 0.25) is 0 Å². The molecule has 2 N–H and O–H groups in total. The molecule has 12 nitrogen and oxygen atoms in total. The number of nitrogens with one attached hydrogen (secondary N) is 2. The van der Waals surface area contributed by atoms with Crippen LogP contribution in [0, 0.1) is 30.5 Å². The maximum atomic E-state index is 14.3. The van der Waals surface area contributed by atoms with Gasteiger partial charge in [0.15, 0.2) is 5.82 Å². The minimum atomic E-state index is -3.96. The number of fused-ring (bicyclic) bond motifs is 3. The van der Waals surface area contributed by atoms with Gasteiger partial charge in [0.05, 0.1) is 35.1 Å². The van der Waals surface area contributed by atoms with Crippen molar-refractivity contribution in [2.45, 2.75) is 76.2 Å². The number of allylic oxidation sites excluding steroid dienone is 1. The predicted octanol–water partition coefficient (Wildman–Crippen LogP) is 4.45. The van der Waals surface area contributed by atoms with Crippen LogP contribution in [0.5, 0.6) is 11.6 Å². The largest absolute Gasteiger partial charge is 0.496 e. The molecule has 0 radical (unpaired) electrons. The number of ether oxygens (including phenoxy) is 2. The van der Waals surface area contributed by atoms with E-state index in [-0.39, 0.29) is 36.9 Å². The van der Waals surface area contributed by atoms with Gasteiger partial charge in [-0.15, -0.1) is 0 Å². The van der Waals surface area contributed by atoms with Crippen molar-refractivity contribution in [3.8, 4) is 23.0 Å². The molecule has 3 aromatic rings. The fraction of sp³-hybridized carbons (Fsp3) is 0.486. The van der Waals surface area contributed by atoms with E-state index in [2.05, 4.69) is 10.0 Å². The molecule has 2 heterocycles. The van der Waals surface area contributed by atoms with Gasteiger partial charge >= 0.3 is 0 Å². The summed E-state index contributed by atoms with van der Waals surface area (Å²) < 4.78 is 53.9. The second-order valence-electron chi connectivity index (χ2n) is 14.1. The highest BCUT2D eigenvalue weighted by atomic mass is 32.2. The first-order chi connectivity index (χ1) is 24.2. The van der Waals surface area contributed by atoms with Crippen LogP contribution in [0.25, 0.3) is 22.3 Å². The Balaban J connectivity index is 1.35. The Labute approximate surface area is 297 Å². The summed E-state index contributed by atoms with van der Waals surface area (Å²) >= 11 is 0. The summed E-state index contributed by atoms with van der Waals surface area (Å²) in [6.07, 6.45) is 6.01. The molecule has 51 heavy (non-hydrogen) atoms. The lowest BCUT2D eigenvalue weighted by Gasteiger charge is -2.27. The molecule has 272 valence electrons. The zero-order valence-corrected chi connectivity index (χ0v) is 30.3. The van der Waals surface area contributed by atoms with Gasteiger partial charge in [0.1, 0.15) is 23.2 Å². The molecule has 2 aromatic carbocycles. The lowest BCUT2D eigenvalue weighted by atomic mass is 9.93. The molecule has 2 aliphatic carbocycles. The minimum absolute atomic E-state index is 0.133. The number of methoxy groups -OCH3 is 1. The third-order valence-corrected chi connectivity index (χ3v) is 12.0. The number of sulfonamides is 1. The lowest BCUT2D eigenvalue weighted by Crippen LogP contribution is -2.54. The van der Waals surface area contributed by atoms with E-state index in [9.17, 15) is 27.2 Å². The number of benzene rings is 2. The quantitative estimate of drug-likeness (QED) is 0.337. The van der Waals surface area contributed by atoms with E-state index in [1.807, 2.05) is 19.1 Å². The number of carbonyl (C=O) groups is 3. The Bertz CT molecular complexity index is 2000. The number of aromatic nitrogens is 2. The summed E-state index contributed by atoms with van der Waals surface area (Å²) in [6, 6.07) is 9.47. The molecule has 2 fully saturated rings. The fourth-order valence-electron chi connectivity index (χ4n) is 7.06. The van der Waals surface area contributed by atoms with Gasteiger partial charge in [0, 0.05) is 30.6 Å². The molecule has 2 saturated carbocycles. The number of hydrogen-bond donors (Lipinski definition) is 2. The summed E-state index contributed by atoms with van der Waals surface area (Å²) in [5.74, 6) is -2.98. The molecule has 3 amide bonds. The number of aryl methyl sites for hydroxylation is 1. The smallest absolute Gasteiger partial charge is 0.259 e. The van der Waals surface area contributed by atoms with Gasteiger partial charge in [-0.2, -0.15) is 4.98 Å². The van der Waals surface area contributed by atoms with Crippen LogP contribution in [-0.4, -0.2) is 78.6 Å². The molecular formula is C37H44FN5O7S. The molecular weight excluding hydrogens is 678 g/mol. The maximum absolute atomic E-state index is 14.3. The van der Waals surface area contributed by atoms with Crippen LogP contribution < -0.4 is 19.5 Å². The van der Waals surface area contributed by atoms with Crippen LogP contribution in [-0.2, 0) is 24.4 Å². The Morgan fingerprint density at radius 2 is 1.88 bits per heavy atom. The fourth-order valence-corrected chi connectivity index (χ4v) is 7.73. The highest BCUT2D eigenvalue weighted by Crippen LogP contribution is 2.47. The van der Waals surface area contributed by atoms with E-state index in [0.29, 0.717) is 35.2 Å². The molecule has 0 unspecified atom stereocenters. The number of carbonyl (C=O) groups excluding carboxylic acids is 3. The normalized spacial score (nSPS) is 26.1. The Kier molecular flexibility index (Phi) is 10.1. The zero-order valence-electron chi connectivity index (χ0n) is 29.4.